The first kappa shape index (κ1) is 19.4. The van der Waals surface area contributed by atoms with Gasteiger partial charge in [-0.1, -0.05) is 36.4 Å². The second-order valence-electron chi connectivity index (χ2n) is 7.84. The maximum atomic E-state index is 12.9. The Morgan fingerprint density at radius 2 is 1.89 bits per heavy atom. The number of alkyl halides is 2. The molecule has 0 radical (unpaired) electrons. The normalized spacial score (nSPS) is 22.2. The first-order chi connectivity index (χ1) is 13.6. The monoisotopic (exact) mass is 387 g/mol. The third-order valence-electron chi connectivity index (χ3n) is 6.00. The van der Waals surface area contributed by atoms with Crippen LogP contribution in [0.1, 0.15) is 42.6 Å². The lowest BCUT2D eigenvalue weighted by molar-refractivity contribution is -0.0113. The summed E-state index contributed by atoms with van der Waals surface area (Å²) in [6.07, 6.45) is 0.602. The molecule has 1 aromatic carbocycles. The molecule has 1 spiro atoms. The topological polar surface area (TPSA) is 37.4 Å². The van der Waals surface area contributed by atoms with E-state index in [1.807, 2.05) is 6.07 Å². The zero-order valence-electron chi connectivity index (χ0n) is 16.0. The number of aromatic nitrogens is 1. The van der Waals surface area contributed by atoms with Gasteiger partial charge in [0.05, 0.1) is 5.69 Å². The Labute approximate surface area is 164 Å². The van der Waals surface area contributed by atoms with Crippen LogP contribution in [-0.4, -0.2) is 41.2 Å². The zero-order chi connectivity index (χ0) is 19.4. The number of benzene rings is 1. The van der Waals surface area contributed by atoms with E-state index in [2.05, 4.69) is 39.5 Å². The van der Waals surface area contributed by atoms with Gasteiger partial charge in [-0.15, -0.1) is 0 Å². The largest absolute Gasteiger partial charge is 0.381 e. The predicted molar refractivity (Wildman–Crippen MR) is 104 cm³/mol. The Kier molecular flexibility index (Phi) is 5.99. The number of nitrogens with zero attached hydrogens (tertiary/aromatic N) is 2. The van der Waals surface area contributed by atoms with Crippen LogP contribution in [0.25, 0.3) is 0 Å². The van der Waals surface area contributed by atoms with Crippen LogP contribution in [0.5, 0.6) is 0 Å². The second kappa shape index (κ2) is 8.64. The standard InChI is InChI=1S/C22H27F2N3O/c23-21(24)20-8-4-7-18(26-20)14-25-19-13-22(9-11-28-12-10-22)27(16-19)15-17-5-2-1-3-6-17/h1-8,19,21,25H,9-16H2. The number of halogens is 2. The lowest BCUT2D eigenvalue weighted by Gasteiger charge is -2.41. The van der Waals surface area contributed by atoms with Gasteiger partial charge in [-0.2, -0.15) is 0 Å². The van der Waals surface area contributed by atoms with Crippen molar-refractivity contribution in [2.45, 2.75) is 50.4 Å². The Morgan fingerprint density at radius 3 is 2.64 bits per heavy atom. The van der Waals surface area contributed by atoms with Gasteiger partial charge in [-0.05, 0) is 37.0 Å². The number of hydrogen-bond donors (Lipinski definition) is 1. The number of nitrogens with one attached hydrogen (secondary N) is 1. The van der Waals surface area contributed by atoms with Crippen molar-refractivity contribution < 1.29 is 13.5 Å². The van der Waals surface area contributed by atoms with Crippen LogP contribution in [0, 0.1) is 0 Å². The minimum Gasteiger partial charge on any atom is -0.381 e. The van der Waals surface area contributed by atoms with Gasteiger partial charge in [-0.3, -0.25) is 9.88 Å². The van der Waals surface area contributed by atoms with Gasteiger partial charge in [0.2, 0.25) is 0 Å². The van der Waals surface area contributed by atoms with Crippen LogP contribution in [-0.2, 0) is 17.8 Å². The average Bonchev–Trinajstić information content (AvgIpc) is 3.04. The minimum absolute atomic E-state index is 0.155. The summed E-state index contributed by atoms with van der Waals surface area (Å²) in [5, 5.41) is 3.56. The van der Waals surface area contributed by atoms with Crippen molar-refractivity contribution in [2.24, 2.45) is 0 Å². The first-order valence-electron chi connectivity index (χ1n) is 9.99. The molecule has 3 heterocycles. The summed E-state index contributed by atoms with van der Waals surface area (Å²) in [4.78, 5) is 6.67. The van der Waals surface area contributed by atoms with Crippen molar-refractivity contribution in [1.29, 1.82) is 0 Å². The summed E-state index contributed by atoms with van der Waals surface area (Å²) in [5.74, 6) is 0. The third-order valence-corrected chi connectivity index (χ3v) is 6.00. The van der Waals surface area contributed by atoms with E-state index in [0.29, 0.717) is 18.3 Å². The van der Waals surface area contributed by atoms with Crippen molar-refractivity contribution in [3.8, 4) is 0 Å². The molecular weight excluding hydrogens is 360 g/mol. The van der Waals surface area contributed by atoms with Gasteiger partial charge in [0.15, 0.2) is 0 Å². The predicted octanol–water partition coefficient (Wildman–Crippen LogP) is 3.93. The van der Waals surface area contributed by atoms with Gasteiger partial charge in [0, 0.05) is 44.4 Å². The smallest absolute Gasteiger partial charge is 0.280 e. The van der Waals surface area contributed by atoms with Crippen molar-refractivity contribution in [3.63, 3.8) is 0 Å². The van der Waals surface area contributed by atoms with Crippen LogP contribution in [0.4, 0.5) is 8.78 Å². The Balaban J connectivity index is 1.43. The Hall–Kier alpha value is -1.89. The Bertz CT molecular complexity index is 765. The van der Waals surface area contributed by atoms with Crippen LogP contribution in [0.3, 0.4) is 0 Å². The molecule has 150 valence electrons. The first-order valence-corrected chi connectivity index (χ1v) is 9.99. The summed E-state index contributed by atoms with van der Waals surface area (Å²) < 4.78 is 31.4. The average molecular weight is 387 g/mol. The summed E-state index contributed by atoms with van der Waals surface area (Å²) in [6.45, 7) is 3.99. The molecule has 1 N–H and O–H groups in total. The SMILES string of the molecule is FC(F)c1cccc(CNC2CN(Cc3ccccc3)C3(CCOCC3)C2)n1. The van der Waals surface area contributed by atoms with Crippen LogP contribution in [0.2, 0.25) is 0 Å². The molecule has 0 amide bonds. The molecule has 2 aromatic rings. The quantitative estimate of drug-likeness (QED) is 0.815. The molecule has 2 fully saturated rings. The molecule has 1 unspecified atom stereocenters. The molecule has 1 atom stereocenters. The maximum Gasteiger partial charge on any atom is 0.280 e. The highest BCUT2D eigenvalue weighted by Gasteiger charge is 2.45. The molecule has 0 saturated carbocycles. The minimum atomic E-state index is -2.53. The van der Waals surface area contributed by atoms with E-state index in [4.69, 9.17) is 4.74 Å². The molecule has 0 aliphatic carbocycles. The Morgan fingerprint density at radius 1 is 1.11 bits per heavy atom. The van der Waals surface area contributed by atoms with E-state index in [1.54, 1.807) is 12.1 Å². The van der Waals surface area contributed by atoms with Crippen LogP contribution < -0.4 is 5.32 Å². The van der Waals surface area contributed by atoms with Gasteiger partial charge in [-0.25, -0.2) is 8.78 Å². The highest BCUT2D eigenvalue weighted by molar-refractivity contribution is 5.17. The van der Waals surface area contributed by atoms with Gasteiger partial charge in [0.25, 0.3) is 6.43 Å². The molecule has 0 bridgehead atoms. The van der Waals surface area contributed by atoms with E-state index < -0.39 is 6.43 Å². The number of hydrogen-bond acceptors (Lipinski definition) is 4. The molecule has 4 nitrogen and oxygen atoms in total. The van der Waals surface area contributed by atoms with Gasteiger partial charge in [0.1, 0.15) is 5.69 Å². The van der Waals surface area contributed by atoms with Gasteiger partial charge >= 0.3 is 0 Å². The zero-order valence-corrected chi connectivity index (χ0v) is 16.0. The highest BCUT2D eigenvalue weighted by atomic mass is 19.3. The lowest BCUT2D eigenvalue weighted by Crippen LogP contribution is -2.47. The summed E-state index contributed by atoms with van der Waals surface area (Å²) in [6, 6.07) is 15.7. The molecule has 28 heavy (non-hydrogen) atoms. The number of pyridine rings is 1. The fourth-order valence-electron chi connectivity index (χ4n) is 4.52. The summed E-state index contributed by atoms with van der Waals surface area (Å²) >= 11 is 0. The van der Waals surface area contributed by atoms with E-state index in [0.717, 1.165) is 45.6 Å². The van der Waals surface area contributed by atoms with Gasteiger partial charge < -0.3 is 10.1 Å². The molecule has 2 saturated heterocycles. The van der Waals surface area contributed by atoms with Crippen LogP contribution >= 0.6 is 0 Å². The van der Waals surface area contributed by atoms with Crippen molar-refractivity contribution in [3.05, 3.63) is 65.5 Å². The number of ether oxygens (including phenoxy) is 1. The van der Waals surface area contributed by atoms with E-state index in [9.17, 15) is 8.78 Å². The second-order valence-corrected chi connectivity index (χ2v) is 7.84. The van der Waals surface area contributed by atoms with E-state index in [-0.39, 0.29) is 11.2 Å². The third kappa shape index (κ3) is 4.40. The molecule has 2 aliphatic heterocycles. The van der Waals surface area contributed by atoms with Crippen molar-refractivity contribution >= 4 is 0 Å². The number of likely N-dealkylation sites (tertiary alicyclic amines) is 1. The lowest BCUT2D eigenvalue weighted by atomic mass is 9.86. The fourth-order valence-corrected chi connectivity index (χ4v) is 4.52. The summed E-state index contributed by atoms with van der Waals surface area (Å²) in [7, 11) is 0. The molecular formula is C22H27F2N3O. The van der Waals surface area contributed by atoms with Crippen molar-refractivity contribution in [1.82, 2.24) is 15.2 Å². The fraction of sp³-hybridized carbons (Fsp3) is 0.500. The molecule has 4 rings (SSSR count). The van der Waals surface area contributed by atoms with E-state index >= 15 is 0 Å². The molecule has 2 aliphatic rings. The molecule has 6 heteroatoms. The highest BCUT2D eigenvalue weighted by Crippen LogP contribution is 2.39. The molecule has 1 aromatic heterocycles. The number of rotatable bonds is 6. The van der Waals surface area contributed by atoms with Crippen molar-refractivity contribution in [2.75, 3.05) is 19.8 Å². The maximum absolute atomic E-state index is 12.9. The summed E-state index contributed by atoms with van der Waals surface area (Å²) in [5.41, 5.74) is 1.99. The van der Waals surface area contributed by atoms with E-state index in [1.165, 1.54) is 11.6 Å². The van der Waals surface area contributed by atoms with Crippen LogP contribution in [0.15, 0.2) is 48.5 Å².